The average molecular weight is 269 g/mol. The number of hydrogen-bond acceptors (Lipinski definition) is 2. The molecular weight excluding hydrogens is 246 g/mol. The molecule has 0 aliphatic carbocycles. The lowest BCUT2D eigenvalue weighted by Crippen LogP contribution is -2.03. The number of anilines is 1. The standard InChI is InChI=1S/C18H23NO/c1-13(2)16-7-5-6-8-17(16)19-12-15-9-10-18(20-4)14(3)11-15/h5-11,13,19H,12H2,1-4H3. The second-order valence-electron chi connectivity index (χ2n) is 5.40. The smallest absolute Gasteiger partial charge is 0.121 e. The number of aryl methyl sites for hydroxylation is 1. The molecule has 1 N–H and O–H groups in total. The molecule has 0 unspecified atom stereocenters. The van der Waals surface area contributed by atoms with E-state index in [9.17, 15) is 0 Å². The van der Waals surface area contributed by atoms with Crippen LogP contribution in [0.5, 0.6) is 5.75 Å². The molecule has 0 heterocycles. The molecule has 106 valence electrons. The minimum absolute atomic E-state index is 0.524. The van der Waals surface area contributed by atoms with Gasteiger partial charge in [-0.05, 0) is 41.7 Å². The fourth-order valence-corrected chi connectivity index (χ4v) is 2.41. The summed E-state index contributed by atoms with van der Waals surface area (Å²) in [5, 5.41) is 3.53. The van der Waals surface area contributed by atoms with E-state index in [0.717, 1.165) is 12.3 Å². The van der Waals surface area contributed by atoms with Gasteiger partial charge in [0.1, 0.15) is 5.75 Å². The molecule has 0 fully saturated rings. The summed E-state index contributed by atoms with van der Waals surface area (Å²) in [6.45, 7) is 7.34. The van der Waals surface area contributed by atoms with Gasteiger partial charge in [0.25, 0.3) is 0 Å². The highest BCUT2D eigenvalue weighted by atomic mass is 16.5. The Kier molecular flexibility index (Phi) is 4.67. The second-order valence-corrected chi connectivity index (χ2v) is 5.40. The number of ether oxygens (including phenoxy) is 1. The Morgan fingerprint density at radius 3 is 2.50 bits per heavy atom. The lowest BCUT2D eigenvalue weighted by atomic mass is 10.0. The second kappa shape index (κ2) is 6.47. The lowest BCUT2D eigenvalue weighted by Gasteiger charge is -2.15. The molecule has 0 radical (unpaired) electrons. The molecule has 20 heavy (non-hydrogen) atoms. The molecule has 0 saturated heterocycles. The van der Waals surface area contributed by atoms with Gasteiger partial charge in [-0.2, -0.15) is 0 Å². The van der Waals surface area contributed by atoms with E-state index >= 15 is 0 Å². The van der Waals surface area contributed by atoms with Crippen molar-refractivity contribution in [2.24, 2.45) is 0 Å². The van der Waals surface area contributed by atoms with E-state index < -0.39 is 0 Å². The molecule has 2 aromatic carbocycles. The van der Waals surface area contributed by atoms with Crippen molar-refractivity contribution in [3.05, 3.63) is 59.2 Å². The fraction of sp³-hybridized carbons (Fsp3) is 0.333. The van der Waals surface area contributed by atoms with Crippen LogP contribution in [0.25, 0.3) is 0 Å². The summed E-state index contributed by atoms with van der Waals surface area (Å²) >= 11 is 0. The van der Waals surface area contributed by atoms with E-state index in [1.54, 1.807) is 7.11 Å². The SMILES string of the molecule is COc1ccc(CNc2ccccc2C(C)C)cc1C. The van der Waals surface area contributed by atoms with Crippen LogP contribution in [0.3, 0.4) is 0 Å². The van der Waals surface area contributed by atoms with Crippen LogP contribution in [0.1, 0.15) is 36.5 Å². The highest BCUT2D eigenvalue weighted by molar-refractivity contribution is 5.53. The molecule has 0 aliphatic rings. The maximum Gasteiger partial charge on any atom is 0.121 e. The number of methoxy groups -OCH3 is 1. The van der Waals surface area contributed by atoms with Crippen molar-refractivity contribution < 1.29 is 4.74 Å². The Labute approximate surface area is 121 Å². The van der Waals surface area contributed by atoms with E-state index in [1.165, 1.54) is 22.4 Å². The maximum atomic E-state index is 5.29. The van der Waals surface area contributed by atoms with Gasteiger partial charge in [-0.1, -0.05) is 44.2 Å². The van der Waals surface area contributed by atoms with E-state index in [2.05, 4.69) is 62.5 Å². The molecule has 2 nitrogen and oxygen atoms in total. The zero-order valence-electron chi connectivity index (χ0n) is 12.7. The third kappa shape index (κ3) is 3.32. The van der Waals surface area contributed by atoms with Crippen LogP contribution >= 0.6 is 0 Å². The summed E-state index contributed by atoms with van der Waals surface area (Å²) < 4.78 is 5.29. The summed E-state index contributed by atoms with van der Waals surface area (Å²) in [7, 11) is 1.71. The molecule has 0 bridgehead atoms. The minimum Gasteiger partial charge on any atom is -0.496 e. The zero-order valence-corrected chi connectivity index (χ0v) is 12.7. The molecular formula is C18H23NO. The highest BCUT2D eigenvalue weighted by Crippen LogP contribution is 2.25. The summed E-state index contributed by atoms with van der Waals surface area (Å²) in [5.74, 6) is 1.47. The van der Waals surface area contributed by atoms with Gasteiger partial charge in [0.05, 0.1) is 7.11 Å². The molecule has 0 amide bonds. The third-order valence-electron chi connectivity index (χ3n) is 3.53. The first-order chi connectivity index (χ1) is 9.61. The van der Waals surface area contributed by atoms with Crippen LogP contribution in [-0.2, 0) is 6.54 Å². The largest absolute Gasteiger partial charge is 0.496 e. The van der Waals surface area contributed by atoms with Gasteiger partial charge in [0.2, 0.25) is 0 Å². The molecule has 0 atom stereocenters. The number of para-hydroxylation sites is 1. The molecule has 0 aromatic heterocycles. The van der Waals surface area contributed by atoms with Crippen LogP contribution in [-0.4, -0.2) is 7.11 Å². The van der Waals surface area contributed by atoms with E-state index in [0.29, 0.717) is 5.92 Å². The normalized spacial score (nSPS) is 10.7. The van der Waals surface area contributed by atoms with Gasteiger partial charge >= 0.3 is 0 Å². The van der Waals surface area contributed by atoms with Crippen LogP contribution in [0.15, 0.2) is 42.5 Å². The fourth-order valence-electron chi connectivity index (χ4n) is 2.41. The predicted octanol–water partition coefficient (Wildman–Crippen LogP) is 4.74. The first-order valence-corrected chi connectivity index (χ1v) is 7.08. The van der Waals surface area contributed by atoms with Crippen molar-refractivity contribution in [1.82, 2.24) is 0 Å². The Hall–Kier alpha value is -1.96. The number of benzene rings is 2. The van der Waals surface area contributed by atoms with Gasteiger partial charge in [0.15, 0.2) is 0 Å². The van der Waals surface area contributed by atoms with Crippen molar-refractivity contribution in [2.75, 3.05) is 12.4 Å². The van der Waals surface area contributed by atoms with Gasteiger partial charge in [-0.3, -0.25) is 0 Å². The molecule has 2 rings (SSSR count). The summed E-state index contributed by atoms with van der Waals surface area (Å²) in [4.78, 5) is 0. The van der Waals surface area contributed by atoms with Gasteiger partial charge in [-0.25, -0.2) is 0 Å². The van der Waals surface area contributed by atoms with Crippen LogP contribution in [0, 0.1) is 6.92 Å². The average Bonchev–Trinajstić information content (AvgIpc) is 2.45. The number of rotatable bonds is 5. The van der Waals surface area contributed by atoms with Crippen molar-refractivity contribution in [3.63, 3.8) is 0 Å². The van der Waals surface area contributed by atoms with Gasteiger partial charge < -0.3 is 10.1 Å². The lowest BCUT2D eigenvalue weighted by molar-refractivity contribution is 0.411. The van der Waals surface area contributed by atoms with Crippen LogP contribution < -0.4 is 10.1 Å². The predicted molar refractivity (Wildman–Crippen MR) is 85.6 cm³/mol. The Morgan fingerprint density at radius 1 is 1.10 bits per heavy atom. The molecule has 0 spiro atoms. The topological polar surface area (TPSA) is 21.3 Å². The summed E-state index contributed by atoms with van der Waals surface area (Å²) in [5.41, 5.74) is 5.01. The monoisotopic (exact) mass is 269 g/mol. The minimum atomic E-state index is 0.524. The van der Waals surface area contributed by atoms with Crippen molar-refractivity contribution in [1.29, 1.82) is 0 Å². The quantitative estimate of drug-likeness (QED) is 0.846. The Balaban J connectivity index is 2.11. The molecule has 2 heteroatoms. The third-order valence-corrected chi connectivity index (χ3v) is 3.53. The Bertz CT molecular complexity index is 575. The van der Waals surface area contributed by atoms with Gasteiger partial charge in [0, 0.05) is 12.2 Å². The first kappa shape index (κ1) is 14.4. The van der Waals surface area contributed by atoms with Crippen molar-refractivity contribution in [3.8, 4) is 5.75 Å². The van der Waals surface area contributed by atoms with E-state index in [1.807, 2.05) is 6.07 Å². The summed E-state index contributed by atoms with van der Waals surface area (Å²) in [6.07, 6.45) is 0. The van der Waals surface area contributed by atoms with Gasteiger partial charge in [-0.15, -0.1) is 0 Å². The number of hydrogen-bond donors (Lipinski definition) is 1. The van der Waals surface area contributed by atoms with Crippen LogP contribution in [0.2, 0.25) is 0 Å². The van der Waals surface area contributed by atoms with E-state index in [4.69, 9.17) is 4.74 Å². The van der Waals surface area contributed by atoms with Crippen molar-refractivity contribution in [2.45, 2.75) is 33.2 Å². The summed E-state index contributed by atoms with van der Waals surface area (Å²) in [6, 6.07) is 14.8. The first-order valence-electron chi connectivity index (χ1n) is 7.08. The maximum absolute atomic E-state index is 5.29. The van der Waals surface area contributed by atoms with Crippen molar-refractivity contribution >= 4 is 5.69 Å². The zero-order chi connectivity index (χ0) is 14.5. The molecule has 2 aromatic rings. The molecule has 0 saturated carbocycles. The Morgan fingerprint density at radius 2 is 1.85 bits per heavy atom. The highest BCUT2D eigenvalue weighted by Gasteiger charge is 2.06. The molecule has 0 aliphatic heterocycles. The van der Waals surface area contributed by atoms with E-state index in [-0.39, 0.29) is 0 Å². The number of nitrogens with one attached hydrogen (secondary N) is 1. The van der Waals surface area contributed by atoms with Crippen LogP contribution in [0.4, 0.5) is 5.69 Å².